The second kappa shape index (κ2) is 7.65. The molecule has 3 rings (SSSR count). The van der Waals surface area contributed by atoms with E-state index in [4.69, 9.17) is 0 Å². The number of aromatic nitrogens is 4. The fourth-order valence-corrected chi connectivity index (χ4v) is 3.93. The van der Waals surface area contributed by atoms with E-state index in [1.807, 2.05) is 13.2 Å². The molecule has 2 unspecified atom stereocenters. The first-order valence-electron chi connectivity index (χ1n) is 8.82. The van der Waals surface area contributed by atoms with E-state index < -0.39 is 18.1 Å². The lowest BCUT2D eigenvalue weighted by molar-refractivity contribution is -0.184. The first kappa shape index (κ1) is 19.9. The summed E-state index contributed by atoms with van der Waals surface area (Å²) in [5.74, 6) is -1.16. The van der Waals surface area contributed by atoms with Crippen molar-refractivity contribution in [3.05, 3.63) is 17.0 Å². The van der Waals surface area contributed by atoms with Gasteiger partial charge in [-0.1, -0.05) is 18.2 Å². The molecule has 0 aliphatic heterocycles. The summed E-state index contributed by atoms with van der Waals surface area (Å²) in [6.07, 6.45) is -1.15. The van der Waals surface area contributed by atoms with E-state index in [1.165, 1.54) is 11.8 Å². The summed E-state index contributed by atoms with van der Waals surface area (Å²) in [6, 6.07) is -0.440. The number of rotatable bonds is 4. The van der Waals surface area contributed by atoms with Crippen molar-refractivity contribution in [2.24, 2.45) is 5.92 Å². The van der Waals surface area contributed by atoms with Crippen molar-refractivity contribution in [3.63, 3.8) is 0 Å². The van der Waals surface area contributed by atoms with Gasteiger partial charge >= 0.3 is 6.18 Å². The van der Waals surface area contributed by atoms with E-state index in [1.54, 1.807) is 11.4 Å². The molecule has 1 N–H and O–H groups in total. The first-order chi connectivity index (χ1) is 12.7. The molecule has 1 amide bonds. The molecule has 2 aromatic rings. The molecule has 1 aliphatic carbocycles. The molecule has 1 fully saturated rings. The van der Waals surface area contributed by atoms with Crippen molar-refractivity contribution in [2.45, 2.75) is 63.3 Å². The smallest absolute Gasteiger partial charge is 0.353 e. The lowest BCUT2D eigenvalue weighted by Gasteiger charge is -2.31. The highest BCUT2D eigenvalue weighted by molar-refractivity contribution is 7.98. The molecule has 0 spiro atoms. The maximum absolute atomic E-state index is 12.9. The normalized spacial score (nSPS) is 20.8. The fourth-order valence-electron chi connectivity index (χ4n) is 3.59. The number of nitrogens with zero attached hydrogens (tertiary/aromatic N) is 4. The van der Waals surface area contributed by atoms with Gasteiger partial charge < -0.3 is 5.32 Å². The van der Waals surface area contributed by atoms with E-state index in [9.17, 15) is 18.0 Å². The van der Waals surface area contributed by atoms with Crippen LogP contribution < -0.4 is 5.32 Å². The predicted molar refractivity (Wildman–Crippen MR) is 95.7 cm³/mol. The summed E-state index contributed by atoms with van der Waals surface area (Å²) in [5, 5.41) is 7.70. The van der Waals surface area contributed by atoms with Crippen LogP contribution in [0.2, 0.25) is 0 Å². The molecular weight excluding hydrogens is 379 g/mol. The molecule has 2 heterocycles. The van der Waals surface area contributed by atoms with E-state index >= 15 is 0 Å². The van der Waals surface area contributed by atoms with Crippen LogP contribution in [0.15, 0.2) is 5.16 Å². The summed E-state index contributed by atoms with van der Waals surface area (Å²) in [6.45, 7) is 3.63. The zero-order chi connectivity index (χ0) is 19.8. The highest BCUT2D eigenvalue weighted by Gasteiger charge is 2.42. The molecule has 0 aromatic carbocycles. The summed E-state index contributed by atoms with van der Waals surface area (Å²) in [5.41, 5.74) is 2.16. The highest BCUT2D eigenvalue weighted by Crippen LogP contribution is 2.37. The number of amides is 1. The second-order valence-corrected chi connectivity index (χ2v) is 7.69. The summed E-state index contributed by atoms with van der Waals surface area (Å²) in [4.78, 5) is 21.2. The van der Waals surface area contributed by atoms with Crippen molar-refractivity contribution >= 4 is 23.4 Å². The van der Waals surface area contributed by atoms with Gasteiger partial charge in [0.1, 0.15) is 0 Å². The van der Waals surface area contributed by atoms with Crippen molar-refractivity contribution in [1.82, 2.24) is 24.9 Å². The van der Waals surface area contributed by atoms with Crippen LogP contribution in [0, 0.1) is 19.8 Å². The standard InChI is InChI=1S/C17H22F3N5OS/c1-9-13(10(2)25-15(21-9)23-16(24-25)27-3)8-14(26)22-12-6-4-5-11(7-12)17(18,19)20/h11-12H,4-8H2,1-3H3,(H,22,26). The van der Waals surface area contributed by atoms with Crippen LogP contribution in [0.1, 0.15) is 42.6 Å². The van der Waals surface area contributed by atoms with Gasteiger partial charge in [-0.25, -0.2) is 9.50 Å². The van der Waals surface area contributed by atoms with Gasteiger partial charge in [0, 0.05) is 23.0 Å². The Hall–Kier alpha value is -1.84. The summed E-state index contributed by atoms with van der Waals surface area (Å²) < 4.78 is 40.4. The Kier molecular flexibility index (Phi) is 5.64. The van der Waals surface area contributed by atoms with Gasteiger partial charge in [0.05, 0.1) is 12.3 Å². The number of nitrogens with one attached hydrogen (secondary N) is 1. The van der Waals surface area contributed by atoms with Crippen molar-refractivity contribution in [3.8, 4) is 0 Å². The van der Waals surface area contributed by atoms with Gasteiger partial charge in [-0.05, 0) is 39.4 Å². The topological polar surface area (TPSA) is 72.2 Å². The van der Waals surface area contributed by atoms with Gasteiger partial charge in [0.15, 0.2) is 0 Å². The minimum Gasteiger partial charge on any atom is -0.353 e. The molecule has 0 bridgehead atoms. The minimum absolute atomic E-state index is 0.0509. The number of carbonyl (C=O) groups is 1. The molecule has 1 saturated carbocycles. The Morgan fingerprint density at radius 1 is 1.30 bits per heavy atom. The van der Waals surface area contributed by atoms with Crippen LogP contribution in [-0.4, -0.2) is 44.0 Å². The number of aryl methyl sites for hydroxylation is 2. The quantitative estimate of drug-likeness (QED) is 0.797. The molecule has 0 saturated heterocycles. The van der Waals surface area contributed by atoms with Gasteiger partial charge in [0.25, 0.3) is 5.78 Å². The number of hydrogen-bond donors (Lipinski definition) is 1. The number of alkyl halides is 3. The van der Waals surface area contributed by atoms with Crippen molar-refractivity contribution in [2.75, 3.05) is 6.26 Å². The first-order valence-corrected chi connectivity index (χ1v) is 10.0. The number of fused-ring (bicyclic) bond motifs is 1. The Labute approximate surface area is 159 Å². The highest BCUT2D eigenvalue weighted by atomic mass is 32.2. The zero-order valence-electron chi connectivity index (χ0n) is 15.4. The Bertz CT molecular complexity index is 851. The number of thioether (sulfide) groups is 1. The van der Waals surface area contributed by atoms with E-state index in [0.29, 0.717) is 29.5 Å². The van der Waals surface area contributed by atoms with E-state index in [-0.39, 0.29) is 25.2 Å². The maximum Gasteiger partial charge on any atom is 0.391 e. The molecule has 10 heteroatoms. The van der Waals surface area contributed by atoms with Crippen molar-refractivity contribution in [1.29, 1.82) is 0 Å². The van der Waals surface area contributed by atoms with Gasteiger partial charge in [-0.15, -0.1) is 5.10 Å². The molecular formula is C17H22F3N5OS. The van der Waals surface area contributed by atoms with Crippen LogP contribution >= 0.6 is 11.8 Å². The van der Waals surface area contributed by atoms with Crippen LogP contribution in [0.3, 0.4) is 0 Å². The Morgan fingerprint density at radius 2 is 2.04 bits per heavy atom. The molecule has 148 valence electrons. The zero-order valence-corrected chi connectivity index (χ0v) is 16.2. The Morgan fingerprint density at radius 3 is 2.70 bits per heavy atom. The second-order valence-electron chi connectivity index (χ2n) is 6.92. The van der Waals surface area contributed by atoms with Crippen LogP contribution in [-0.2, 0) is 11.2 Å². The molecule has 1 aliphatic rings. The largest absolute Gasteiger partial charge is 0.391 e. The van der Waals surface area contributed by atoms with Crippen LogP contribution in [0.4, 0.5) is 13.2 Å². The number of hydrogen-bond acceptors (Lipinski definition) is 5. The molecule has 27 heavy (non-hydrogen) atoms. The molecule has 6 nitrogen and oxygen atoms in total. The average Bonchev–Trinajstić information content (AvgIpc) is 3.01. The third-order valence-electron chi connectivity index (χ3n) is 5.05. The molecule has 2 atom stereocenters. The monoisotopic (exact) mass is 401 g/mol. The van der Waals surface area contributed by atoms with E-state index in [0.717, 1.165) is 11.3 Å². The van der Waals surface area contributed by atoms with Gasteiger partial charge in [-0.2, -0.15) is 18.2 Å². The van der Waals surface area contributed by atoms with Crippen LogP contribution in [0.25, 0.3) is 5.78 Å². The lowest BCUT2D eigenvalue weighted by atomic mass is 9.85. The molecule has 2 aromatic heterocycles. The third-order valence-corrected chi connectivity index (χ3v) is 5.59. The maximum atomic E-state index is 12.9. The van der Waals surface area contributed by atoms with E-state index in [2.05, 4.69) is 20.4 Å². The predicted octanol–water partition coefficient (Wildman–Crippen LogP) is 3.24. The fraction of sp³-hybridized carbons (Fsp3) is 0.647. The van der Waals surface area contributed by atoms with Gasteiger partial charge in [-0.3, -0.25) is 4.79 Å². The molecule has 0 radical (unpaired) electrons. The van der Waals surface area contributed by atoms with Crippen molar-refractivity contribution < 1.29 is 18.0 Å². The number of halogens is 3. The Balaban J connectivity index is 1.72. The SMILES string of the molecule is CSc1nc2nc(C)c(CC(=O)NC3CCCC(C(F)(F)F)C3)c(C)n2n1. The summed E-state index contributed by atoms with van der Waals surface area (Å²) >= 11 is 1.40. The van der Waals surface area contributed by atoms with Crippen LogP contribution in [0.5, 0.6) is 0 Å². The minimum atomic E-state index is -4.20. The summed E-state index contributed by atoms with van der Waals surface area (Å²) in [7, 11) is 0. The number of carbonyl (C=O) groups excluding carboxylic acids is 1. The third kappa shape index (κ3) is 4.36. The van der Waals surface area contributed by atoms with Gasteiger partial charge in [0.2, 0.25) is 11.1 Å². The lowest BCUT2D eigenvalue weighted by Crippen LogP contribution is -2.42. The average molecular weight is 401 g/mol.